The topological polar surface area (TPSA) is 49.9 Å². The molecule has 3 rings (SSSR count). The van der Waals surface area contributed by atoms with Crippen molar-refractivity contribution in [3.05, 3.63) is 66.9 Å². The first-order valence-electron chi connectivity index (χ1n) is 5.99. The third-order valence-corrected chi connectivity index (χ3v) is 2.59. The van der Waals surface area contributed by atoms with Gasteiger partial charge in [-0.2, -0.15) is 5.10 Å². The number of benzene rings is 2. The fourth-order valence-electron chi connectivity index (χ4n) is 1.74. The van der Waals surface area contributed by atoms with E-state index in [9.17, 15) is 0 Å². The van der Waals surface area contributed by atoms with Crippen LogP contribution in [0.3, 0.4) is 0 Å². The van der Waals surface area contributed by atoms with Gasteiger partial charge in [0.25, 0.3) is 0 Å². The van der Waals surface area contributed by atoms with E-state index in [1.54, 1.807) is 6.20 Å². The van der Waals surface area contributed by atoms with Gasteiger partial charge in [-0.3, -0.25) is 5.10 Å². The number of hydrogen-bond donors (Lipinski definition) is 2. The zero-order valence-electron chi connectivity index (χ0n) is 10.2. The van der Waals surface area contributed by atoms with Crippen molar-refractivity contribution in [3.63, 3.8) is 0 Å². The lowest BCUT2D eigenvalue weighted by molar-refractivity contribution is 0.483. The van der Waals surface area contributed by atoms with Crippen molar-refractivity contribution in [2.24, 2.45) is 0 Å². The Morgan fingerprint density at radius 1 is 0.895 bits per heavy atom. The lowest BCUT2D eigenvalue weighted by Gasteiger charge is -2.08. The molecule has 0 atom stereocenters. The molecule has 2 N–H and O–H groups in total. The van der Waals surface area contributed by atoms with Crippen molar-refractivity contribution in [2.45, 2.75) is 0 Å². The fourth-order valence-corrected chi connectivity index (χ4v) is 1.74. The Morgan fingerprint density at radius 3 is 2.53 bits per heavy atom. The summed E-state index contributed by atoms with van der Waals surface area (Å²) in [6.07, 6.45) is 1.70. The average molecular weight is 251 g/mol. The number of hydrogen-bond acceptors (Lipinski definition) is 3. The zero-order valence-corrected chi connectivity index (χ0v) is 10.2. The summed E-state index contributed by atoms with van der Waals surface area (Å²) < 4.78 is 5.77. The zero-order chi connectivity index (χ0) is 12.9. The molecule has 0 spiro atoms. The van der Waals surface area contributed by atoms with Gasteiger partial charge in [0.2, 0.25) is 0 Å². The third-order valence-electron chi connectivity index (χ3n) is 2.59. The molecule has 0 bridgehead atoms. The number of anilines is 2. The molecule has 0 saturated heterocycles. The van der Waals surface area contributed by atoms with Crippen LogP contribution in [-0.4, -0.2) is 10.2 Å². The van der Waals surface area contributed by atoms with Gasteiger partial charge in [0.05, 0.1) is 6.20 Å². The van der Waals surface area contributed by atoms with E-state index in [4.69, 9.17) is 4.74 Å². The van der Waals surface area contributed by atoms with Crippen molar-refractivity contribution in [2.75, 3.05) is 5.32 Å². The molecule has 94 valence electrons. The number of aromatic amines is 1. The smallest absolute Gasteiger partial charge is 0.129 e. The van der Waals surface area contributed by atoms with Crippen molar-refractivity contribution in [1.82, 2.24) is 10.2 Å². The molecule has 4 heteroatoms. The maximum absolute atomic E-state index is 5.77. The monoisotopic (exact) mass is 251 g/mol. The van der Waals surface area contributed by atoms with Gasteiger partial charge in [-0.25, -0.2) is 0 Å². The number of ether oxygens (including phenoxy) is 1. The molecule has 0 amide bonds. The summed E-state index contributed by atoms with van der Waals surface area (Å²) in [5, 5.41) is 9.95. The normalized spacial score (nSPS) is 10.1. The molecule has 1 heterocycles. The summed E-state index contributed by atoms with van der Waals surface area (Å²) >= 11 is 0. The number of nitrogens with zero attached hydrogens (tertiary/aromatic N) is 1. The maximum atomic E-state index is 5.77. The van der Waals surface area contributed by atoms with E-state index in [-0.39, 0.29) is 0 Å². The Balaban J connectivity index is 1.76. The molecular formula is C15H13N3O. The molecule has 4 nitrogen and oxygen atoms in total. The van der Waals surface area contributed by atoms with Gasteiger partial charge in [0.1, 0.15) is 17.3 Å². The molecule has 1 aromatic heterocycles. The van der Waals surface area contributed by atoms with E-state index < -0.39 is 0 Å². The number of nitrogens with one attached hydrogen (secondary N) is 2. The molecule has 19 heavy (non-hydrogen) atoms. The Kier molecular flexibility index (Phi) is 3.14. The van der Waals surface area contributed by atoms with Crippen LogP contribution in [0.1, 0.15) is 0 Å². The van der Waals surface area contributed by atoms with Gasteiger partial charge in [0, 0.05) is 17.8 Å². The molecule has 0 unspecified atom stereocenters. The summed E-state index contributed by atoms with van der Waals surface area (Å²) in [6.45, 7) is 0. The summed E-state index contributed by atoms with van der Waals surface area (Å²) in [5.41, 5.74) is 0.942. The first-order valence-corrected chi connectivity index (χ1v) is 5.99. The lowest BCUT2D eigenvalue weighted by atomic mass is 10.3. The first kappa shape index (κ1) is 11.3. The number of para-hydroxylation sites is 1. The highest BCUT2D eigenvalue weighted by molar-refractivity contribution is 5.58. The third kappa shape index (κ3) is 2.93. The lowest BCUT2D eigenvalue weighted by Crippen LogP contribution is -1.91. The van der Waals surface area contributed by atoms with Crippen LogP contribution >= 0.6 is 0 Å². The Labute approximate surface area is 111 Å². The van der Waals surface area contributed by atoms with Crippen molar-refractivity contribution < 1.29 is 4.74 Å². The highest BCUT2D eigenvalue weighted by Gasteiger charge is 1.99. The van der Waals surface area contributed by atoms with E-state index in [1.807, 2.05) is 60.7 Å². The number of rotatable bonds is 4. The standard InChI is InChI=1S/C15H13N3O/c1-2-6-13(7-3-1)19-14-8-4-5-12(11-14)17-15-9-10-16-18-15/h1-11H,(H2,16,17,18). The summed E-state index contributed by atoms with van der Waals surface area (Å²) in [6, 6.07) is 19.3. The highest BCUT2D eigenvalue weighted by atomic mass is 16.5. The van der Waals surface area contributed by atoms with Gasteiger partial charge in [0.15, 0.2) is 0 Å². The van der Waals surface area contributed by atoms with Gasteiger partial charge < -0.3 is 10.1 Å². The minimum atomic E-state index is 0.788. The summed E-state index contributed by atoms with van der Waals surface area (Å²) in [7, 11) is 0. The van der Waals surface area contributed by atoms with E-state index >= 15 is 0 Å². The minimum absolute atomic E-state index is 0.788. The second-order valence-corrected chi connectivity index (χ2v) is 4.04. The molecule has 0 aliphatic rings. The molecule has 0 aliphatic heterocycles. The van der Waals surface area contributed by atoms with Crippen LogP contribution in [0.4, 0.5) is 11.5 Å². The number of H-pyrrole nitrogens is 1. The molecule has 0 fully saturated rings. The van der Waals surface area contributed by atoms with Crippen molar-refractivity contribution >= 4 is 11.5 Å². The quantitative estimate of drug-likeness (QED) is 0.738. The van der Waals surface area contributed by atoms with Crippen LogP contribution in [0.25, 0.3) is 0 Å². The Hall–Kier alpha value is -2.75. The van der Waals surface area contributed by atoms with Crippen LogP contribution in [0, 0.1) is 0 Å². The SMILES string of the molecule is c1ccc(Oc2cccc(Nc3ccn[nH]3)c2)cc1. The largest absolute Gasteiger partial charge is 0.457 e. The predicted molar refractivity (Wildman–Crippen MR) is 74.8 cm³/mol. The Bertz CT molecular complexity index is 636. The minimum Gasteiger partial charge on any atom is -0.457 e. The molecule has 3 aromatic rings. The van der Waals surface area contributed by atoms with Crippen LogP contribution in [0.2, 0.25) is 0 Å². The summed E-state index contributed by atoms with van der Waals surface area (Å²) in [4.78, 5) is 0. The maximum Gasteiger partial charge on any atom is 0.129 e. The molecular weight excluding hydrogens is 238 g/mol. The highest BCUT2D eigenvalue weighted by Crippen LogP contribution is 2.25. The van der Waals surface area contributed by atoms with Crippen molar-refractivity contribution in [3.8, 4) is 11.5 Å². The predicted octanol–water partition coefficient (Wildman–Crippen LogP) is 3.95. The van der Waals surface area contributed by atoms with Crippen LogP contribution in [-0.2, 0) is 0 Å². The second-order valence-electron chi connectivity index (χ2n) is 4.04. The Morgan fingerprint density at radius 2 is 1.74 bits per heavy atom. The molecule has 0 saturated carbocycles. The van der Waals surface area contributed by atoms with E-state index in [2.05, 4.69) is 15.5 Å². The molecule has 0 radical (unpaired) electrons. The van der Waals surface area contributed by atoms with Crippen LogP contribution in [0.15, 0.2) is 66.9 Å². The summed E-state index contributed by atoms with van der Waals surface area (Å²) in [5.74, 6) is 2.45. The van der Waals surface area contributed by atoms with Crippen LogP contribution < -0.4 is 10.1 Å². The van der Waals surface area contributed by atoms with E-state index in [0.717, 1.165) is 23.0 Å². The van der Waals surface area contributed by atoms with Crippen molar-refractivity contribution in [1.29, 1.82) is 0 Å². The van der Waals surface area contributed by atoms with Crippen LogP contribution in [0.5, 0.6) is 11.5 Å². The number of aromatic nitrogens is 2. The molecule has 2 aromatic carbocycles. The fraction of sp³-hybridized carbons (Fsp3) is 0. The second kappa shape index (κ2) is 5.27. The first-order chi connectivity index (χ1) is 9.40. The van der Waals surface area contributed by atoms with Gasteiger partial charge in [-0.15, -0.1) is 0 Å². The molecule has 0 aliphatic carbocycles. The average Bonchev–Trinajstić information content (AvgIpc) is 2.93. The van der Waals surface area contributed by atoms with E-state index in [1.165, 1.54) is 0 Å². The van der Waals surface area contributed by atoms with Gasteiger partial charge in [-0.05, 0) is 24.3 Å². The van der Waals surface area contributed by atoms with E-state index in [0.29, 0.717) is 0 Å². The van der Waals surface area contributed by atoms with Gasteiger partial charge in [-0.1, -0.05) is 24.3 Å². The van der Waals surface area contributed by atoms with Gasteiger partial charge >= 0.3 is 0 Å².